The highest BCUT2D eigenvalue weighted by atomic mass is 32.2. The molecule has 0 atom stereocenters. The standard InChI is InChI=1S/C22H18FN3S/c1-26-21(16-11-13-24-14-12-16)20(15-7-9-17(23)10-8-15)25-22(26)18-5-3-4-6-19(18)27-2/h3-14H,1-2H3. The van der Waals surface area contributed by atoms with Gasteiger partial charge in [-0.25, -0.2) is 9.37 Å². The summed E-state index contributed by atoms with van der Waals surface area (Å²) >= 11 is 1.69. The molecule has 2 aromatic heterocycles. The maximum absolute atomic E-state index is 13.4. The number of hydrogen-bond donors (Lipinski definition) is 0. The van der Waals surface area contributed by atoms with Crippen molar-refractivity contribution in [3.63, 3.8) is 0 Å². The number of pyridine rings is 1. The second kappa shape index (κ2) is 7.37. The van der Waals surface area contributed by atoms with Gasteiger partial charge in [0.25, 0.3) is 0 Å². The van der Waals surface area contributed by atoms with Gasteiger partial charge in [-0.15, -0.1) is 11.8 Å². The number of aromatic nitrogens is 3. The molecule has 2 heterocycles. The minimum Gasteiger partial charge on any atom is -0.327 e. The number of hydrogen-bond acceptors (Lipinski definition) is 3. The van der Waals surface area contributed by atoms with Crippen molar-refractivity contribution in [2.45, 2.75) is 4.90 Å². The van der Waals surface area contributed by atoms with Crippen molar-refractivity contribution in [3.05, 3.63) is 78.9 Å². The second-order valence-electron chi connectivity index (χ2n) is 6.13. The number of benzene rings is 2. The Morgan fingerprint density at radius 1 is 0.889 bits per heavy atom. The lowest BCUT2D eigenvalue weighted by Crippen LogP contribution is -1.96. The Bertz CT molecular complexity index is 1070. The third-order valence-electron chi connectivity index (χ3n) is 4.51. The van der Waals surface area contributed by atoms with Crippen LogP contribution in [0, 0.1) is 5.82 Å². The molecule has 0 amide bonds. The molecule has 0 aliphatic heterocycles. The molecule has 3 nitrogen and oxygen atoms in total. The first-order valence-corrected chi connectivity index (χ1v) is 9.78. The van der Waals surface area contributed by atoms with E-state index in [0.717, 1.165) is 38.8 Å². The maximum Gasteiger partial charge on any atom is 0.142 e. The Morgan fingerprint density at radius 2 is 1.59 bits per heavy atom. The summed E-state index contributed by atoms with van der Waals surface area (Å²) in [6, 6.07) is 18.6. The van der Waals surface area contributed by atoms with Crippen LogP contribution in [-0.4, -0.2) is 20.8 Å². The number of nitrogens with zero attached hydrogens (tertiary/aromatic N) is 3. The molecule has 0 radical (unpaired) electrons. The highest BCUT2D eigenvalue weighted by Gasteiger charge is 2.20. The van der Waals surface area contributed by atoms with Crippen LogP contribution in [0.2, 0.25) is 0 Å². The lowest BCUT2D eigenvalue weighted by Gasteiger charge is -2.09. The first kappa shape index (κ1) is 17.5. The van der Waals surface area contributed by atoms with E-state index in [-0.39, 0.29) is 5.82 Å². The van der Waals surface area contributed by atoms with Crippen LogP contribution in [-0.2, 0) is 7.05 Å². The van der Waals surface area contributed by atoms with Gasteiger partial charge in [-0.05, 0) is 48.7 Å². The lowest BCUT2D eigenvalue weighted by molar-refractivity contribution is 0.628. The van der Waals surface area contributed by atoms with Crippen LogP contribution in [0.5, 0.6) is 0 Å². The molecule has 5 heteroatoms. The average Bonchev–Trinajstić information content (AvgIpc) is 3.06. The SMILES string of the molecule is CSc1ccccc1-c1nc(-c2ccc(F)cc2)c(-c2ccncc2)n1C. The Labute approximate surface area is 161 Å². The Morgan fingerprint density at radius 3 is 2.30 bits per heavy atom. The molecule has 0 aliphatic rings. The quantitative estimate of drug-likeness (QED) is 0.430. The summed E-state index contributed by atoms with van der Waals surface area (Å²) in [5.74, 6) is 0.624. The van der Waals surface area contributed by atoms with Crippen molar-refractivity contribution in [1.29, 1.82) is 0 Å². The smallest absolute Gasteiger partial charge is 0.142 e. The normalized spacial score (nSPS) is 10.9. The van der Waals surface area contributed by atoms with E-state index in [2.05, 4.69) is 27.9 Å². The summed E-state index contributed by atoms with van der Waals surface area (Å²) in [5.41, 5.74) is 4.79. The van der Waals surface area contributed by atoms with Gasteiger partial charge in [-0.1, -0.05) is 18.2 Å². The van der Waals surface area contributed by atoms with Gasteiger partial charge < -0.3 is 4.57 Å². The fourth-order valence-electron chi connectivity index (χ4n) is 3.22. The van der Waals surface area contributed by atoms with Crippen LogP contribution >= 0.6 is 11.8 Å². The highest BCUT2D eigenvalue weighted by molar-refractivity contribution is 7.98. The van der Waals surface area contributed by atoms with E-state index < -0.39 is 0 Å². The summed E-state index contributed by atoms with van der Waals surface area (Å²) in [5, 5.41) is 0. The van der Waals surface area contributed by atoms with Gasteiger partial charge in [0.1, 0.15) is 11.6 Å². The Kier molecular flexibility index (Phi) is 4.77. The fraction of sp³-hybridized carbons (Fsp3) is 0.0909. The Balaban J connectivity index is 1.99. The predicted octanol–water partition coefficient (Wildman–Crippen LogP) is 5.68. The summed E-state index contributed by atoms with van der Waals surface area (Å²) in [4.78, 5) is 10.3. The third-order valence-corrected chi connectivity index (χ3v) is 5.31. The third kappa shape index (κ3) is 3.26. The highest BCUT2D eigenvalue weighted by Crippen LogP contribution is 2.37. The van der Waals surface area contributed by atoms with Crippen LogP contribution in [0.15, 0.2) is 78.0 Å². The minimum absolute atomic E-state index is 0.256. The van der Waals surface area contributed by atoms with Crippen LogP contribution in [0.4, 0.5) is 4.39 Å². The number of halogens is 1. The zero-order valence-electron chi connectivity index (χ0n) is 15.1. The molecule has 0 saturated heterocycles. The molecule has 2 aromatic carbocycles. The molecule has 0 N–H and O–H groups in total. The Hall–Kier alpha value is -2.92. The zero-order chi connectivity index (χ0) is 18.8. The largest absolute Gasteiger partial charge is 0.327 e. The average molecular weight is 375 g/mol. The van der Waals surface area contributed by atoms with Crippen molar-refractivity contribution in [3.8, 4) is 33.9 Å². The van der Waals surface area contributed by atoms with Gasteiger partial charge in [-0.3, -0.25) is 4.98 Å². The van der Waals surface area contributed by atoms with E-state index in [0.29, 0.717) is 0 Å². The predicted molar refractivity (Wildman–Crippen MR) is 109 cm³/mol. The van der Waals surface area contributed by atoms with E-state index in [1.54, 1.807) is 36.3 Å². The van der Waals surface area contributed by atoms with Crippen LogP contribution in [0.25, 0.3) is 33.9 Å². The van der Waals surface area contributed by atoms with E-state index in [1.165, 1.54) is 12.1 Å². The molecule has 4 rings (SSSR count). The van der Waals surface area contributed by atoms with Crippen LogP contribution in [0.1, 0.15) is 0 Å². The summed E-state index contributed by atoms with van der Waals surface area (Å²) < 4.78 is 15.5. The molecule has 4 aromatic rings. The monoisotopic (exact) mass is 375 g/mol. The van der Waals surface area contributed by atoms with Gasteiger partial charge in [0.2, 0.25) is 0 Å². The molecule has 134 valence electrons. The molecular formula is C22H18FN3S. The van der Waals surface area contributed by atoms with Crippen molar-refractivity contribution >= 4 is 11.8 Å². The summed E-state index contributed by atoms with van der Waals surface area (Å²) in [7, 11) is 2.02. The van der Waals surface area contributed by atoms with Crippen molar-refractivity contribution in [1.82, 2.24) is 14.5 Å². The summed E-state index contributed by atoms with van der Waals surface area (Å²) in [6.45, 7) is 0. The fourth-order valence-corrected chi connectivity index (χ4v) is 3.81. The zero-order valence-corrected chi connectivity index (χ0v) is 15.9. The minimum atomic E-state index is -0.256. The maximum atomic E-state index is 13.4. The number of thioether (sulfide) groups is 1. The first-order valence-electron chi connectivity index (χ1n) is 8.55. The van der Waals surface area contributed by atoms with Crippen molar-refractivity contribution in [2.75, 3.05) is 6.26 Å². The number of imidazole rings is 1. The molecule has 0 bridgehead atoms. The molecule has 0 aliphatic carbocycles. The van der Waals surface area contributed by atoms with E-state index >= 15 is 0 Å². The summed E-state index contributed by atoms with van der Waals surface area (Å²) in [6.07, 6.45) is 5.60. The molecule has 0 spiro atoms. The molecular weight excluding hydrogens is 357 g/mol. The van der Waals surface area contributed by atoms with Gasteiger partial charge in [0.05, 0.1) is 11.4 Å². The van der Waals surface area contributed by atoms with Crippen molar-refractivity contribution < 1.29 is 4.39 Å². The van der Waals surface area contributed by atoms with Gasteiger partial charge in [0, 0.05) is 41.0 Å². The van der Waals surface area contributed by atoms with Gasteiger partial charge in [0.15, 0.2) is 0 Å². The van der Waals surface area contributed by atoms with Crippen molar-refractivity contribution in [2.24, 2.45) is 7.05 Å². The van der Waals surface area contributed by atoms with Crippen LogP contribution in [0.3, 0.4) is 0 Å². The molecule has 0 saturated carbocycles. The topological polar surface area (TPSA) is 30.7 Å². The number of rotatable bonds is 4. The van der Waals surface area contributed by atoms with E-state index in [9.17, 15) is 4.39 Å². The molecule has 27 heavy (non-hydrogen) atoms. The molecule has 0 unspecified atom stereocenters. The van der Waals surface area contributed by atoms with Crippen LogP contribution < -0.4 is 0 Å². The first-order chi connectivity index (χ1) is 13.2. The van der Waals surface area contributed by atoms with Gasteiger partial charge in [-0.2, -0.15) is 0 Å². The van der Waals surface area contributed by atoms with E-state index in [4.69, 9.17) is 4.98 Å². The second-order valence-corrected chi connectivity index (χ2v) is 6.98. The van der Waals surface area contributed by atoms with E-state index in [1.807, 2.05) is 31.3 Å². The van der Waals surface area contributed by atoms with Gasteiger partial charge >= 0.3 is 0 Å². The molecule has 0 fully saturated rings. The lowest BCUT2D eigenvalue weighted by atomic mass is 10.1.